The standard InChI is InChI=1S/C12H18BrN3O2S.ClH/c1-7(14-3)6-15-11(17)8(2)16-12(18)9-4-5-10(13)19-9;/h4-5,7-8,14H,6H2,1-3H3,(H,15,17)(H,16,18);1H. The molecule has 0 aliphatic heterocycles. The highest BCUT2D eigenvalue weighted by Gasteiger charge is 2.17. The van der Waals surface area contributed by atoms with Crippen molar-refractivity contribution in [3.8, 4) is 0 Å². The molecule has 0 aliphatic carbocycles. The summed E-state index contributed by atoms with van der Waals surface area (Å²) in [6.07, 6.45) is 0. The van der Waals surface area contributed by atoms with Crippen molar-refractivity contribution in [1.29, 1.82) is 0 Å². The first-order valence-electron chi connectivity index (χ1n) is 5.95. The predicted octanol–water partition coefficient (Wildman–Crippen LogP) is 1.77. The van der Waals surface area contributed by atoms with Crippen LogP contribution in [0.1, 0.15) is 23.5 Å². The van der Waals surface area contributed by atoms with Gasteiger partial charge in [-0.25, -0.2) is 0 Å². The molecule has 0 radical (unpaired) electrons. The summed E-state index contributed by atoms with van der Waals surface area (Å²) in [7, 11) is 1.83. The highest BCUT2D eigenvalue weighted by atomic mass is 79.9. The highest BCUT2D eigenvalue weighted by Crippen LogP contribution is 2.21. The van der Waals surface area contributed by atoms with E-state index in [9.17, 15) is 9.59 Å². The molecule has 0 saturated heterocycles. The number of likely N-dealkylation sites (N-methyl/N-ethyl adjacent to an activating group) is 1. The molecule has 0 bridgehead atoms. The Balaban J connectivity index is 0.00000361. The molecule has 1 heterocycles. The quantitative estimate of drug-likeness (QED) is 0.700. The fourth-order valence-corrected chi connectivity index (χ4v) is 2.57. The van der Waals surface area contributed by atoms with Crippen LogP contribution in [-0.2, 0) is 4.79 Å². The van der Waals surface area contributed by atoms with Gasteiger partial charge < -0.3 is 16.0 Å². The van der Waals surface area contributed by atoms with Crippen molar-refractivity contribution in [2.75, 3.05) is 13.6 Å². The molecular formula is C12H19BrClN3O2S. The van der Waals surface area contributed by atoms with Gasteiger partial charge in [-0.2, -0.15) is 0 Å². The van der Waals surface area contributed by atoms with Gasteiger partial charge in [-0.3, -0.25) is 9.59 Å². The van der Waals surface area contributed by atoms with Crippen LogP contribution in [0, 0.1) is 0 Å². The molecule has 20 heavy (non-hydrogen) atoms. The maximum absolute atomic E-state index is 11.9. The lowest BCUT2D eigenvalue weighted by Gasteiger charge is -2.16. The van der Waals surface area contributed by atoms with Crippen molar-refractivity contribution < 1.29 is 9.59 Å². The van der Waals surface area contributed by atoms with E-state index in [0.29, 0.717) is 11.4 Å². The van der Waals surface area contributed by atoms with Crippen LogP contribution in [0.4, 0.5) is 0 Å². The Labute approximate surface area is 137 Å². The third kappa shape index (κ3) is 6.21. The van der Waals surface area contributed by atoms with E-state index < -0.39 is 6.04 Å². The first-order valence-corrected chi connectivity index (χ1v) is 7.56. The molecule has 2 amide bonds. The van der Waals surface area contributed by atoms with E-state index in [1.807, 2.05) is 14.0 Å². The van der Waals surface area contributed by atoms with E-state index in [2.05, 4.69) is 31.9 Å². The number of carbonyl (C=O) groups is 2. The Morgan fingerprint density at radius 2 is 2.00 bits per heavy atom. The number of hydrogen-bond donors (Lipinski definition) is 3. The molecule has 2 unspecified atom stereocenters. The minimum Gasteiger partial charge on any atom is -0.353 e. The van der Waals surface area contributed by atoms with Crippen LogP contribution in [0.2, 0.25) is 0 Å². The third-order valence-electron chi connectivity index (χ3n) is 2.61. The molecule has 114 valence electrons. The van der Waals surface area contributed by atoms with Crippen LogP contribution < -0.4 is 16.0 Å². The normalized spacial score (nSPS) is 13.0. The minimum atomic E-state index is -0.558. The van der Waals surface area contributed by atoms with E-state index >= 15 is 0 Å². The van der Waals surface area contributed by atoms with Crippen LogP contribution >= 0.6 is 39.7 Å². The molecular weight excluding hydrogens is 366 g/mol. The number of amides is 2. The average Bonchev–Trinajstić information content (AvgIpc) is 2.82. The molecule has 0 aliphatic rings. The number of rotatable bonds is 6. The Morgan fingerprint density at radius 3 is 2.50 bits per heavy atom. The molecule has 0 aromatic carbocycles. The Morgan fingerprint density at radius 1 is 1.35 bits per heavy atom. The van der Waals surface area contributed by atoms with Gasteiger partial charge in [-0.05, 0) is 49.0 Å². The molecule has 8 heteroatoms. The molecule has 0 fully saturated rings. The molecule has 3 N–H and O–H groups in total. The molecule has 1 rings (SSSR count). The zero-order valence-electron chi connectivity index (χ0n) is 11.5. The Hall–Kier alpha value is -0.630. The van der Waals surface area contributed by atoms with Crippen LogP contribution in [0.5, 0.6) is 0 Å². The van der Waals surface area contributed by atoms with Crippen molar-refractivity contribution in [1.82, 2.24) is 16.0 Å². The smallest absolute Gasteiger partial charge is 0.262 e. The van der Waals surface area contributed by atoms with Gasteiger partial charge in [0, 0.05) is 12.6 Å². The van der Waals surface area contributed by atoms with Crippen molar-refractivity contribution in [3.05, 3.63) is 20.8 Å². The number of thiophene rings is 1. The molecule has 1 aromatic rings. The van der Waals surface area contributed by atoms with E-state index in [0.717, 1.165) is 3.79 Å². The fourth-order valence-electron chi connectivity index (χ4n) is 1.28. The summed E-state index contributed by atoms with van der Waals surface area (Å²) in [5, 5.41) is 8.47. The number of nitrogens with one attached hydrogen (secondary N) is 3. The average molecular weight is 385 g/mol. The Kier molecular flexibility index (Phi) is 9.04. The molecule has 0 saturated carbocycles. The van der Waals surface area contributed by atoms with Gasteiger partial charge in [-0.15, -0.1) is 23.7 Å². The first kappa shape index (κ1) is 19.4. The van der Waals surface area contributed by atoms with Crippen molar-refractivity contribution in [2.24, 2.45) is 0 Å². The molecule has 2 atom stereocenters. The van der Waals surface area contributed by atoms with Gasteiger partial charge in [0.2, 0.25) is 5.91 Å². The summed E-state index contributed by atoms with van der Waals surface area (Å²) in [5.74, 6) is -0.425. The van der Waals surface area contributed by atoms with Crippen LogP contribution in [0.25, 0.3) is 0 Å². The second-order valence-corrected chi connectivity index (χ2v) is 6.70. The monoisotopic (exact) mass is 383 g/mol. The predicted molar refractivity (Wildman–Crippen MR) is 87.7 cm³/mol. The van der Waals surface area contributed by atoms with Crippen molar-refractivity contribution in [2.45, 2.75) is 25.9 Å². The second kappa shape index (κ2) is 9.33. The van der Waals surface area contributed by atoms with Crippen molar-refractivity contribution in [3.63, 3.8) is 0 Å². The maximum atomic E-state index is 11.9. The second-order valence-electron chi connectivity index (χ2n) is 4.23. The summed E-state index contributed by atoms with van der Waals surface area (Å²) in [6.45, 7) is 4.16. The highest BCUT2D eigenvalue weighted by molar-refractivity contribution is 9.11. The van der Waals surface area contributed by atoms with E-state index in [1.165, 1.54) is 11.3 Å². The van der Waals surface area contributed by atoms with E-state index in [1.54, 1.807) is 19.1 Å². The van der Waals surface area contributed by atoms with E-state index in [-0.39, 0.29) is 30.3 Å². The third-order valence-corrected chi connectivity index (χ3v) is 4.24. The Bertz CT molecular complexity index is 456. The topological polar surface area (TPSA) is 70.2 Å². The largest absolute Gasteiger partial charge is 0.353 e. The zero-order chi connectivity index (χ0) is 14.4. The first-order chi connectivity index (χ1) is 8.93. The van der Waals surface area contributed by atoms with Crippen LogP contribution in [-0.4, -0.2) is 37.5 Å². The van der Waals surface area contributed by atoms with Crippen LogP contribution in [0.15, 0.2) is 15.9 Å². The lowest BCUT2D eigenvalue weighted by Crippen LogP contribution is -2.47. The van der Waals surface area contributed by atoms with E-state index in [4.69, 9.17) is 0 Å². The summed E-state index contributed by atoms with van der Waals surface area (Å²) in [5.41, 5.74) is 0. The maximum Gasteiger partial charge on any atom is 0.262 e. The summed E-state index contributed by atoms with van der Waals surface area (Å²) < 4.78 is 0.887. The fraction of sp³-hybridized carbons (Fsp3) is 0.500. The van der Waals surface area contributed by atoms with Gasteiger partial charge in [0.25, 0.3) is 5.91 Å². The number of halogens is 2. The zero-order valence-corrected chi connectivity index (χ0v) is 14.7. The SMILES string of the molecule is CNC(C)CNC(=O)C(C)NC(=O)c1ccc(Br)s1.Cl. The van der Waals surface area contributed by atoms with Crippen LogP contribution in [0.3, 0.4) is 0 Å². The summed E-state index contributed by atoms with van der Waals surface area (Å²) in [4.78, 5) is 24.2. The summed E-state index contributed by atoms with van der Waals surface area (Å²) in [6, 6.07) is 3.16. The van der Waals surface area contributed by atoms with Gasteiger partial charge in [-0.1, -0.05) is 0 Å². The van der Waals surface area contributed by atoms with Crippen molar-refractivity contribution >= 4 is 51.5 Å². The molecule has 5 nitrogen and oxygen atoms in total. The lowest BCUT2D eigenvalue weighted by molar-refractivity contribution is -0.122. The van der Waals surface area contributed by atoms with Gasteiger partial charge in [0.1, 0.15) is 6.04 Å². The summed E-state index contributed by atoms with van der Waals surface area (Å²) >= 11 is 4.63. The van der Waals surface area contributed by atoms with Gasteiger partial charge >= 0.3 is 0 Å². The minimum absolute atomic E-state index is 0. The number of hydrogen-bond acceptors (Lipinski definition) is 4. The van der Waals surface area contributed by atoms with Gasteiger partial charge in [0.15, 0.2) is 0 Å². The molecule has 0 spiro atoms. The molecule has 1 aromatic heterocycles. The van der Waals surface area contributed by atoms with Gasteiger partial charge in [0.05, 0.1) is 8.66 Å². The lowest BCUT2D eigenvalue weighted by atomic mass is 10.2. The number of carbonyl (C=O) groups excluding carboxylic acids is 2.